The predicted molar refractivity (Wildman–Crippen MR) is 73.5 cm³/mol. The Labute approximate surface area is 115 Å². The number of nitrogens with zero attached hydrogens (tertiary/aromatic N) is 5. The van der Waals surface area contributed by atoms with Crippen molar-refractivity contribution in [3.8, 4) is 0 Å². The molecule has 0 saturated heterocycles. The fraction of sp³-hybridized carbons (Fsp3) is 0.364. The fourth-order valence-electron chi connectivity index (χ4n) is 1.81. The topological polar surface area (TPSA) is 111 Å². The van der Waals surface area contributed by atoms with Gasteiger partial charge in [0, 0.05) is 25.5 Å². The van der Waals surface area contributed by atoms with Gasteiger partial charge in [0.2, 0.25) is 11.6 Å². The lowest BCUT2D eigenvalue weighted by Gasteiger charge is -2.15. The molecular weight excluding hydrogens is 262 g/mol. The van der Waals surface area contributed by atoms with E-state index in [1.165, 1.54) is 6.33 Å². The number of aromatic nitrogens is 4. The van der Waals surface area contributed by atoms with Crippen molar-refractivity contribution < 1.29 is 4.92 Å². The normalized spacial score (nSPS) is 11.9. The molecule has 0 spiro atoms. The summed E-state index contributed by atoms with van der Waals surface area (Å²) in [6, 6.07) is 1.74. The van der Waals surface area contributed by atoms with Crippen molar-refractivity contribution >= 4 is 17.3 Å². The SMILES string of the molecule is CNc1ncnc(NC(C)Cn2cccn2)c1[N+](=O)[O-]. The van der Waals surface area contributed by atoms with Crippen LogP contribution in [0.1, 0.15) is 6.92 Å². The van der Waals surface area contributed by atoms with Gasteiger partial charge in [-0.1, -0.05) is 0 Å². The first-order valence-electron chi connectivity index (χ1n) is 6.03. The third-order valence-electron chi connectivity index (χ3n) is 2.64. The lowest BCUT2D eigenvalue weighted by molar-refractivity contribution is -0.383. The maximum Gasteiger partial charge on any atom is 0.353 e. The van der Waals surface area contributed by atoms with Crippen molar-refractivity contribution in [1.82, 2.24) is 19.7 Å². The molecule has 0 aromatic carbocycles. The zero-order valence-electron chi connectivity index (χ0n) is 11.1. The van der Waals surface area contributed by atoms with Gasteiger partial charge in [0.25, 0.3) is 0 Å². The quantitative estimate of drug-likeness (QED) is 0.601. The Morgan fingerprint density at radius 3 is 2.80 bits per heavy atom. The summed E-state index contributed by atoms with van der Waals surface area (Å²) in [5.41, 5.74) is -0.165. The average molecular weight is 277 g/mol. The van der Waals surface area contributed by atoms with Gasteiger partial charge < -0.3 is 10.6 Å². The molecule has 0 fully saturated rings. The van der Waals surface area contributed by atoms with Crippen LogP contribution in [-0.4, -0.2) is 37.8 Å². The first-order chi connectivity index (χ1) is 9.61. The number of hydrogen-bond donors (Lipinski definition) is 2. The third kappa shape index (κ3) is 2.99. The van der Waals surface area contributed by atoms with E-state index >= 15 is 0 Å². The first kappa shape index (κ1) is 13.7. The molecule has 2 rings (SSSR count). The molecule has 1 atom stereocenters. The van der Waals surface area contributed by atoms with Gasteiger partial charge in [0.05, 0.1) is 11.5 Å². The summed E-state index contributed by atoms with van der Waals surface area (Å²) in [5, 5.41) is 20.9. The molecule has 106 valence electrons. The molecule has 0 bridgehead atoms. The molecule has 0 amide bonds. The van der Waals surface area contributed by atoms with Gasteiger partial charge in [-0.3, -0.25) is 14.8 Å². The van der Waals surface area contributed by atoms with Gasteiger partial charge in [-0.05, 0) is 13.0 Å². The van der Waals surface area contributed by atoms with Crippen molar-refractivity contribution in [2.24, 2.45) is 0 Å². The smallest absolute Gasteiger partial charge is 0.353 e. The minimum atomic E-state index is -0.505. The summed E-state index contributed by atoms with van der Waals surface area (Å²) in [6.45, 7) is 2.47. The number of nitro groups is 1. The van der Waals surface area contributed by atoms with Crippen LogP contribution in [0.3, 0.4) is 0 Å². The molecule has 2 aromatic rings. The van der Waals surface area contributed by atoms with Crippen molar-refractivity contribution in [3.63, 3.8) is 0 Å². The van der Waals surface area contributed by atoms with Crippen LogP contribution in [0, 0.1) is 10.1 Å². The van der Waals surface area contributed by atoms with Crippen LogP contribution >= 0.6 is 0 Å². The van der Waals surface area contributed by atoms with E-state index in [1.54, 1.807) is 17.9 Å². The van der Waals surface area contributed by atoms with Crippen LogP contribution in [0.15, 0.2) is 24.8 Å². The summed E-state index contributed by atoms with van der Waals surface area (Å²) in [4.78, 5) is 18.4. The number of hydrogen-bond acceptors (Lipinski definition) is 7. The monoisotopic (exact) mass is 277 g/mol. The Morgan fingerprint density at radius 1 is 1.45 bits per heavy atom. The summed E-state index contributed by atoms with van der Waals surface area (Å²) >= 11 is 0. The zero-order valence-corrected chi connectivity index (χ0v) is 11.1. The molecule has 1 unspecified atom stereocenters. The summed E-state index contributed by atoms with van der Waals surface area (Å²) < 4.78 is 1.74. The molecule has 2 heterocycles. The number of rotatable bonds is 6. The van der Waals surface area contributed by atoms with Crippen LogP contribution < -0.4 is 10.6 Å². The second-order valence-electron chi connectivity index (χ2n) is 4.20. The lowest BCUT2D eigenvalue weighted by atomic mass is 10.3. The summed E-state index contributed by atoms with van der Waals surface area (Å²) in [6.07, 6.45) is 4.78. The third-order valence-corrected chi connectivity index (χ3v) is 2.64. The molecule has 0 aliphatic rings. The molecule has 2 N–H and O–H groups in total. The van der Waals surface area contributed by atoms with Gasteiger partial charge in [0.15, 0.2) is 0 Å². The lowest BCUT2D eigenvalue weighted by Crippen LogP contribution is -2.23. The Hall–Kier alpha value is -2.71. The van der Waals surface area contributed by atoms with Crippen LogP contribution in [0.4, 0.5) is 17.3 Å². The second-order valence-corrected chi connectivity index (χ2v) is 4.20. The van der Waals surface area contributed by atoms with Gasteiger partial charge in [-0.2, -0.15) is 5.10 Å². The van der Waals surface area contributed by atoms with Crippen LogP contribution in [0.25, 0.3) is 0 Å². The Balaban J connectivity index is 2.18. The molecule has 0 saturated carbocycles. The van der Waals surface area contributed by atoms with Crippen molar-refractivity contribution in [2.75, 3.05) is 17.7 Å². The van der Waals surface area contributed by atoms with E-state index in [2.05, 4.69) is 25.7 Å². The van der Waals surface area contributed by atoms with Gasteiger partial charge in [-0.15, -0.1) is 0 Å². The minimum absolute atomic E-state index is 0.0757. The van der Waals surface area contributed by atoms with Crippen LogP contribution in [0.2, 0.25) is 0 Å². The maximum absolute atomic E-state index is 11.1. The molecule has 2 aromatic heterocycles. The summed E-state index contributed by atoms with van der Waals surface area (Å²) in [5.74, 6) is 0.368. The van der Waals surface area contributed by atoms with Crippen molar-refractivity contribution in [3.05, 3.63) is 34.9 Å². The van der Waals surface area contributed by atoms with Gasteiger partial charge in [0.1, 0.15) is 6.33 Å². The fourth-order valence-corrected chi connectivity index (χ4v) is 1.81. The Bertz CT molecular complexity index is 584. The van der Waals surface area contributed by atoms with E-state index in [1.807, 2.05) is 19.2 Å². The Kier molecular flexibility index (Phi) is 4.08. The maximum atomic E-state index is 11.1. The summed E-state index contributed by atoms with van der Waals surface area (Å²) in [7, 11) is 1.58. The van der Waals surface area contributed by atoms with E-state index in [4.69, 9.17) is 0 Å². The van der Waals surface area contributed by atoms with Gasteiger partial charge in [-0.25, -0.2) is 9.97 Å². The largest absolute Gasteiger partial charge is 0.367 e. The zero-order chi connectivity index (χ0) is 14.5. The van der Waals surface area contributed by atoms with Crippen LogP contribution in [-0.2, 0) is 6.54 Å². The van der Waals surface area contributed by atoms with Gasteiger partial charge >= 0.3 is 5.69 Å². The van der Waals surface area contributed by atoms with E-state index in [9.17, 15) is 10.1 Å². The number of anilines is 2. The second kappa shape index (κ2) is 5.95. The Morgan fingerprint density at radius 2 is 2.20 bits per heavy atom. The highest BCUT2D eigenvalue weighted by molar-refractivity contribution is 5.69. The molecule has 0 aliphatic carbocycles. The molecule has 0 aliphatic heterocycles. The minimum Gasteiger partial charge on any atom is -0.367 e. The molecular formula is C11H15N7O2. The standard InChI is InChI=1S/C11H15N7O2/c1-8(6-17-5-3-4-15-17)16-11-9(18(19)20)10(12-2)13-7-14-11/h3-5,7-8H,6H2,1-2H3,(H2,12,13,14,16). The molecule has 9 nitrogen and oxygen atoms in total. The van der Waals surface area contributed by atoms with Crippen molar-refractivity contribution in [2.45, 2.75) is 19.5 Å². The van der Waals surface area contributed by atoms with E-state index < -0.39 is 4.92 Å². The highest BCUT2D eigenvalue weighted by atomic mass is 16.6. The molecule has 20 heavy (non-hydrogen) atoms. The van der Waals surface area contributed by atoms with Crippen LogP contribution in [0.5, 0.6) is 0 Å². The molecule has 0 radical (unpaired) electrons. The average Bonchev–Trinajstić information content (AvgIpc) is 2.90. The number of nitrogens with one attached hydrogen (secondary N) is 2. The first-order valence-corrected chi connectivity index (χ1v) is 6.03. The highest BCUT2D eigenvalue weighted by Gasteiger charge is 2.23. The van der Waals surface area contributed by atoms with E-state index in [0.29, 0.717) is 6.54 Å². The van der Waals surface area contributed by atoms with E-state index in [0.717, 1.165) is 0 Å². The highest BCUT2D eigenvalue weighted by Crippen LogP contribution is 2.28. The van der Waals surface area contributed by atoms with Crippen molar-refractivity contribution in [1.29, 1.82) is 0 Å². The van der Waals surface area contributed by atoms with E-state index in [-0.39, 0.29) is 23.4 Å². The predicted octanol–water partition coefficient (Wildman–Crippen LogP) is 1.12. The molecule has 9 heteroatoms.